The van der Waals surface area contributed by atoms with Crippen LogP contribution in [0.15, 0.2) is 41.4 Å². The van der Waals surface area contributed by atoms with Gasteiger partial charge in [-0.1, -0.05) is 11.2 Å². The number of benzene rings is 1. The van der Waals surface area contributed by atoms with Crippen molar-refractivity contribution in [1.29, 1.82) is 0 Å². The fraction of sp³-hybridized carbons (Fsp3) is 0.353. The summed E-state index contributed by atoms with van der Waals surface area (Å²) in [5, 5.41) is 3.81. The normalized spacial score (nSPS) is 11.2. The maximum atomic E-state index is 12.5. The summed E-state index contributed by atoms with van der Waals surface area (Å²) in [6.45, 7) is 1.87. The Balaban J connectivity index is 1.97. The van der Waals surface area contributed by atoms with E-state index in [-0.39, 0.29) is 25.3 Å². The van der Waals surface area contributed by atoms with E-state index in [1.807, 2.05) is 0 Å². The number of halogens is 3. The van der Waals surface area contributed by atoms with Crippen molar-refractivity contribution in [2.45, 2.75) is 19.0 Å². The zero-order valence-corrected chi connectivity index (χ0v) is 14.1. The Kier molecular flexibility index (Phi) is 6.37. The summed E-state index contributed by atoms with van der Waals surface area (Å²) < 4.78 is 47.7. The highest BCUT2D eigenvalue weighted by Crippen LogP contribution is 2.20. The monoisotopic (exact) mass is 369 g/mol. The summed E-state index contributed by atoms with van der Waals surface area (Å²) in [5.74, 6) is 0.518. The van der Waals surface area contributed by atoms with Crippen LogP contribution in [0.25, 0.3) is 11.4 Å². The number of alkyl halides is 3. The van der Waals surface area contributed by atoms with Crippen LogP contribution in [0.2, 0.25) is 0 Å². The van der Waals surface area contributed by atoms with Crippen molar-refractivity contribution in [1.82, 2.24) is 15.0 Å². The standard InChI is InChI=1S/C17H18F3N3O3/c1-3-10-23(11-17(18,19)20)15(24)9-8-14-21-16(22-26-14)12-4-6-13(25-2)7-5-12/h3-7H,1,8-11H2,2H3. The smallest absolute Gasteiger partial charge is 0.406 e. The number of amides is 1. The molecule has 1 aromatic carbocycles. The van der Waals surface area contributed by atoms with E-state index in [0.717, 1.165) is 0 Å². The second-order valence-corrected chi connectivity index (χ2v) is 5.42. The van der Waals surface area contributed by atoms with Crippen LogP contribution >= 0.6 is 0 Å². The zero-order valence-electron chi connectivity index (χ0n) is 14.1. The molecule has 0 spiro atoms. The lowest BCUT2D eigenvalue weighted by Gasteiger charge is -2.22. The summed E-state index contributed by atoms with van der Waals surface area (Å²) in [6, 6.07) is 6.96. The molecule has 2 rings (SSSR count). The molecule has 0 unspecified atom stereocenters. The predicted octanol–water partition coefficient (Wildman–Crippen LogP) is 3.25. The average molecular weight is 369 g/mol. The number of aromatic nitrogens is 2. The molecule has 2 aromatic rings. The lowest BCUT2D eigenvalue weighted by atomic mass is 10.2. The summed E-state index contributed by atoms with van der Waals surface area (Å²) >= 11 is 0. The number of nitrogens with zero attached hydrogens (tertiary/aromatic N) is 3. The predicted molar refractivity (Wildman–Crippen MR) is 87.4 cm³/mol. The molecule has 26 heavy (non-hydrogen) atoms. The average Bonchev–Trinajstić information content (AvgIpc) is 3.07. The number of ether oxygens (including phenoxy) is 1. The first-order valence-electron chi connectivity index (χ1n) is 7.75. The number of hydrogen-bond donors (Lipinski definition) is 0. The minimum atomic E-state index is -4.47. The number of carbonyl (C=O) groups excluding carboxylic acids is 1. The van der Waals surface area contributed by atoms with E-state index in [1.54, 1.807) is 31.4 Å². The van der Waals surface area contributed by atoms with Crippen LogP contribution in [0.5, 0.6) is 5.75 Å². The lowest BCUT2D eigenvalue weighted by Crippen LogP contribution is -2.39. The first kappa shape index (κ1) is 19.5. The summed E-state index contributed by atoms with van der Waals surface area (Å²) in [7, 11) is 1.55. The Morgan fingerprint density at radius 1 is 1.35 bits per heavy atom. The maximum Gasteiger partial charge on any atom is 0.406 e. The highest BCUT2D eigenvalue weighted by molar-refractivity contribution is 5.76. The minimum Gasteiger partial charge on any atom is -0.497 e. The van der Waals surface area contributed by atoms with Crippen LogP contribution in [0, 0.1) is 0 Å². The van der Waals surface area contributed by atoms with Gasteiger partial charge in [0.25, 0.3) is 0 Å². The number of carbonyl (C=O) groups is 1. The fourth-order valence-electron chi connectivity index (χ4n) is 2.21. The van der Waals surface area contributed by atoms with Crippen molar-refractivity contribution in [2.24, 2.45) is 0 Å². The number of aryl methyl sites for hydroxylation is 1. The molecule has 9 heteroatoms. The van der Waals surface area contributed by atoms with Gasteiger partial charge in [0.1, 0.15) is 12.3 Å². The Labute approximate surface area is 148 Å². The second-order valence-electron chi connectivity index (χ2n) is 5.42. The highest BCUT2D eigenvalue weighted by atomic mass is 19.4. The van der Waals surface area contributed by atoms with Crippen LogP contribution in [0.1, 0.15) is 12.3 Å². The molecular weight excluding hydrogens is 351 g/mol. The van der Waals surface area contributed by atoms with Crippen LogP contribution in [-0.2, 0) is 11.2 Å². The number of methoxy groups -OCH3 is 1. The summed E-state index contributed by atoms with van der Waals surface area (Å²) in [6.07, 6.45) is -3.34. The van der Waals surface area contributed by atoms with E-state index in [4.69, 9.17) is 9.26 Å². The largest absolute Gasteiger partial charge is 0.497 e. The van der Waals surface area contributed by atoms with Crippen molar-refractivity contribution in [2.75, 3.05) is 20.2 Å². The molecule has 0 saturated heterocycles. The van der Waals surface area contributed by atoms with Gasteiger partial charge in [0.2, 0.25) is 17.6 Å². The molecule has 6 nitrogen and oxygen atoms in total. The Hall–Kier alpha value is -2.84. The summed E-state index contributed by atoms with van der Waals surface area (Å²) in [4.78, 5) is 16.9. The molecule has 0 radical (unpaired) electrons. The molecule has 1 heterocycles. The SMILES string of the molecule is C=CCN(CC(F)(F)F)C(=O)CCc1nc(-c2ccc(OC)cc2)no1. The van der Waals surface area contributed by atoms with Gasteiger partial charge in [0, 0.05) is 24.9 Å². The lowest BCUT2D eigenvalue weighted by molar-refractivity contribution is -0.160. The summed E-state index contributed by atoms with van der Waals surface area (Å²) in [5.41, 5.74) is 0.692. The van der Waals surface area contributed by atoms with Gasteiger partial charge < -0.3 is 14.2 Å². The van der Waals surface area contributed by atoms with E-state index >= 15 is 0 Å². The molecule has 1 amide bonds. The molecule has 0 atom stereocenters. The first-order chi connectivity index (χ1) is 12.3. The molecule has 0 N–H and O–H groups in total. The van der Waals surface area contributed by atoms with Gasteiger partial charge in [-0.25, -0.2) is 0 Å². The van der Waals surface area contributed by atoms with Gasteiger partial charge >= 0.3 is 6.18 Å². The third kappa shape index (κ3) is 5.61. The molecule has 140 valence electrons. The molecule has 0 aliphatic carbocycles. The van der Waals surface area contributed by atoms with Crippen LogP contribution in [0.4, 0.5) is 13.2 Å². The third-order valence-corrected chi connectivity index (χ3v) is 3.44. The van der Waals surface area contributed by atoms with E-state index in [1.165, 1.54) is 6.08 Å². The van der Waals surface area contributed by atoms with Gasteiger partial charge in [-0.15, -0.1) is 6.58 Å². The Bertz CT molecular complexity index is 742. The second kappa shape index (κ2) is 8.50. The van der Waals surface area contributed by atoms with Gasteiger partial charge in [-0.05, 0) is 24.3 Å². The van der Waals surface area contributed by atoms with Gasteiger partial charge in [0.15, 0.2) is 0 Å². The van der Waals surface area contributed by atoms with Gasteiger partial charge in [-0.3, -0.25) is 4.79 Å². The highest BCUT2D eigenvalue weighted by Gasteiger charge is 2.32. The molecule has 1 aromatic heterocycles. The molecule has 0 bridgehead atoms. The zero-order chi connectivity index (χ0) is 19.2. The van der Waals surface area contributed by atoms with Crippen molar-refractivity contribution in [3.63, 3.8) is 0 Å². The quantitative estimate of drug-likeness (QED) is 0.668. The number of rotatable bonds is 8. The Morgan fingerprint density at radius 2 is 2.04 bits per heavy atom. The Morgan fingerprint density at radius 3 is 2.62 bits per heavy atom. The molecule has 0 aliphatic heterocycles. The van der Waals surface area contributed by atoms with Crippen molar-refractivity contribution < 1.29 is 27.2 Å². The van der Waals surface area contributed by atoms with E-state index < -0.39 is 18.6 Å². The van der Waals surface area contributed by atoms with Crippen LogP contribution in [0.3, 0.4) is 0 Å². The topological polar surface area (TPSA) is 68.5 Å². The van der Waals surface area contributed by atoms with Crippen molar-refractivity contribution in [3.8, 4) is 17.1 Å². The molecule has 0 saturated carbocycles. The van der Waals surface area contributed by atoms with Crippen LogP contribution < -0.4 is 4.74 Å². The van der Waals surface area contributed by atoms with Crippen molar-refractivity contribution >= 4 is 5.91 Å². The molecule has 0 aliphatic rings. The minimum absolute atomic E-state index is 0.0491. The maximum absolute atomic E-state index is 12.5. The van der Waals surface area contributed by atoms with Gasteiger partial charge in [0.05, 0.1) is 7.11 Å². The van der Waals surface area contributed by atoms with E-state index in [2.05, 4.69) is 16.7 Å². The third-order valence-electron chi connectivity index (χ3n) is 3.44. The first-order valence-corrected chi connectivity index (χ1v) is 7.75. The van der Waals surface area contributed by atoms with Crippen molar-refractivity contribution in [3.05, 3.63) is 42.8 Å². The van der Waals surface area contributed by atoms with Crippen LogP contribution in [-0.4, -0.2) is 47.3 Å². The van der Waals surface area contributed by atoms with Gasteiger partial charge in [-0.2, -0.15) is 18.2 Å². The molecular formula is C17H18F3N3O3. The van der Waals surface area contributed by atoms with E-state index in [9.17, 15) is 18.0 Å². The van der Waals surface area contributed by atoms with E-state index in [0.29, 0.717) is 22.0 Å². The number of hydrogen-bond acceptors (Lipinski definition) is 5. The molecule has 0 fully saturated rings. The fourth-order valence-corrected chi connectivity index (χ4v) is 2.21.